The maximum atomic E-state index is 12.0. The molecule has 0 atom stereocenters. The van der Waals surface area contributed by atoms with E-state index in [-0.39, 0.29) is 11.6 Å². The Labute approximate surface area is 131 Å². The molecule has 0 aliphatic rings. The van der Waals surface area contributed by atoms with Crippen LogP contribution >= 0.6 is 0 Å². The molecule has 7 nitrogen and oxygen atoms in total. The Morgan fingerprint density at radius 2 is 2.00 bits per heavy atom. The zero-order valence-corrected chi connectivity index (χ0v) is 12.1. The summed E-state index contributed by atoms with van der Waals surface area (Å²) in [4.78, 5) is 22.3. The Morgan fingerprint density at radius 3 is 2.70 bits per heavy atom. The van der Waals surface area contributed by atoms with Gasteiger partial charge in [-0.3, -0.25) is 4.79 Å². The van der Waals surface area contributed by atoms with Gasteiger partial charge in [0.25, 0.3) is 5.91 Å². The fourth-order valence-electron chi connectivity index (χ4n) is 2.05. The number of furan rings is 1. The molecule has 0 unspecified atom stereocenters. The van der Waals surface area contributed by atoms with Crippen LogP contribution in [0.5, 0.6) is 0 Å². The highest BCUT2D eigenvalue weighted by Gasteiger charge is 2.14. The molecule has 7 heteroatoms. The summed E-state index contributed by atoms with van der Waals surface area (Å²) in [6.45, 7) is 0.440. The molecule has 0 saturated carbocycles. The van der Waals surface area contributed by atoms with E-state index in [9.17, 15) is 9.70 Å². The van der Waals surface area contributed by atoms with Crippen molar-refractivity contribution in [3.05, 3.63) is 64.9 Å². The highest BCUT2D eigenvalue weighted by molar-refractivity contribution is 5.92. The third-order valence-corrected chi connectivity index (χ3v) is 3.25. The van der Waals surface area contributed by atoms with Crippen LogP contribution in [0.3, 0.4) is 0 Å². The van der Waals surface area contributed by atoms with Gasteiger partial charge < -0.3 is 14.3 Å². The predicted molar refractivity (Wildman–Crippen MR) is 82.1 cm³/mol. The number of hydrogen-bond donors (Lipinski definition) is 1. The van der Waals surface area contributed by atoms with Crippen molar-refractivity contribution < 1.29 is 13.7 Å². The Kier molecular flexibility index (Phi) is 4.28. The van der Waals surface area contributed by atoms with E-state index in [1.54, 1.807) is 36.4 Å². The van der Waals surface area contributed by atoms with E-state index in [0.29, 0.717) is 30.2 Å². The summed E-state index contributed by atoms with van der Waals surface area (Å²) in [5.41, 5.74) is 1.57. The predicted octanol–water partition coefficient (Wildman–Crippen LogP) is 3.31. The van der Waals surface area contributed by atoms with Crippen LogP contribution < -0.4 is 5.32 Å². The average Bonchev–Trinajstić information content (AvgIpc) is 3.26. The maximum absolute atomic E-state index is 12.0. The van der Waals surface area contributed by atoms with Gasteiger partial charge in [0.2, 0.25) is 5.76 Å². The Hall–Kier alpha value is -3.22. The standard InChI is InChI=1S/C16H13N3O4/c20-16(13-10-15(23-19-13)14-2-1-9-22-14)17-8-7-11-3-5-12(18-21)6-4-11/h1-6,9-10H,7-8H2,(H,17,20). The molecule has 3 aromatic rings. The first-order chi connectivity index (χ1) is 11.3. The summed E-state index contributed by atoms with van der Waals surface area (Å²) in [5.74, 6) is 0.593. The van der Waals surface area contributed by atoms with Gasteiger partial charge in [-0.25, -0.2) is 0 Å². The minimum absolute atomic E-state index is 0.192. The van der Waals surface area contributed by atoms with E-state index in [0.717, 1.165) is 5.56 Å². The van der Waals surface area contributed by atoms with E-state index in [2.05, 4.69) is 15.7 Å². The van der Waals surface area contributed by atoms with E-state index >= 15 is 0 Å². The quantitative estimate of drug-likeness (QED) is 0.704. The largest absolute Gasteiger partial charge is 0.461 e. The molecule has 1 amide bonds. The summed E-state index contributed by atoms with van der Waals surface area (Å²) in [5, 5.41) is 9.32. The van der Waals surface area contributed by atoms with Crippen molar-refractivity contribution in [3.63, 3.8) is 0 Å². The van der Waals surface area contributed by atoms with Gasteiger partial charge >= 0.3 is 0 Å². The molecule has 116 valence electrons. The van der Waals surface area contributed by atoms with Gasteiger partial charge in [-0.15, -0.1) is 4.91 Å². The van der Waals surface area contributed by atoms with Gasteiger partial charge in [-0.2, -0.15) is 0 Å². The molecule has 0 saturated heterocycles. The molecule has 0 fully saturated rings. The molecule has 0 radical (unpaired) electrons. The van der Waals surface area contributed by atoms with Crippen LogP contribution in [0, 0.1) is 4.91 Å². The van der Waals surface area contributed by atoms with Crippen LogP contribution in [0.1, 0.15) is 16.1 Å². The maximum Gasteiger partial charge on any atom is 0.273 e. The summed E-state index contributed by atoms with van der Waals surface area (Å²) >= 11 is 0. The molecule has 0 spiro atoms. The molecule has 0 aliphatic carbocycles. The van der Waals surface area contributed by atoms with Crippen LogP contribution in [0.25, 0.3) is 11.5 Å². The van der Waals surface area contributed by atoms with Gasteiger partial charge in [-0.1, -0.05) is 17.3 Å². The van der Waals surface area contributed by atoms with Crippen LogP contribution in [-0.4, -0.2) is 17.6 Å². The van der Waals surface area contributed by atoms with Crippen molar-refractivity contribution in [3.8, 4) is 11.5 Å². The van der Waals surface area contributed by atoms with Crippen molar-refractivity contribution in [2.24, 2.45) is 5.18 Å². The minimum Gasteiger partial charge on any atom is -0.461 e. The first-order valence-corrected chi connectivity index (χ1v) is 6.97. The number of benzene rings is 1. The molecular weight excluding hydrogens is 298 g/mol. The number of nitrogens with one attached hydrogen (secondary N) is 1. The third-order valence-electron chi connectivity index (χ3n) is 3.25. The third kappa shape index (κ3) is 3.52. The molecular formula is C16H13N3O4. The Balaban J connectivity index is 1.54. The zero-order valence-electron chi connectivity index (χ0n) is 12.1. The molecule has 3 rings (SSSR count). The SMILES string of the molecule is O=Nc1ccc(CCNC(=O)c2cc(-c3ccco3)on2)cc1. The summed E-state index contributed by atoms with van der Waals surface area (Å²) < 4.78 is 10.3. The molecule has 1 aromatic carbocycles. The fraction of sp³-hybridized carbons (Fsp3) is 0.125. The molecule has 0 aliphatic heterocycles. The number of hydrogen-bond acceptors (Lipinski definition) is 6. The van der Waals surface area contributed by atoms with Gasteiger partial charge in [0.15, 0.2) is 11.5 Å². The van der Waals surface area contributed by atoms with Crippen molar-refractivity contribution >= 4 is 11.6 Å². The Morgan fingerprint density at radius 1 is 1.17 bits per heavy atom. The first kappa shape index (κ1) is 14.7. The fourth-order valence-corrected chi connectivity index (χ4v) is 2.05. The van der Waals surface area contributed by atoms with Crippen molar-refractivity contribution in [1.82, 2.24) is 10.5 Å². The van der Waals surface area contributed by atoms with Crippen LogP contribution in [0.4, 0.5) is 5.69 Å². The van der Waals surface area contributed by atoms with Crippen molar-refractivity contribution in [2.75, 3.05) is 6.54 Å². The normalized spacial score (nSPS) is 10.4. The number of carbonyl (C=O) groups is 1. The van der Waals surface area contributed by atoms with Crippen LogP contribution in [0.2, 0.25) is 0 Å². The van der Waals surface area contributed by atoms with Crippen molar-refractivity contribution in [1.29, 1.82) is 0 Å². The highest BCUT2D eigenvalue weighted by Crippen LogP contribution is 2.20. The number of nitrogens with zero attached hydrogens (tertiary/aromatic N) is 2. The molecule has 2 heterocycles. The van der Waals surface area contributed by atoms with Crippen molar-refractivity contribution in [2.45, 2.75) is 6.42 Å². The molecule has 0 bridgehead atoms. The first-order valence-electron chi connectivity index (χ1n) is 6.97. The highest BCUT2D eigenvalue weighted by atomic mass is 16.5. The monoisotopic (exact) mass is 311 g/mol. The Bertz CT molecular complexity index is 791. The smallest absolute Gasteiger partial charge is 0.273 e. The van der Waals surface area contributed by atoms with Gasteiger partial charge in [0.05, 0.1) is 6.26 Å². The van der Waals surface area contributed by atoms with Crippen LogP contribution in [0.15, 0.2) is 62.8 Å². The molecule has 2 aromatic heterocycles. The summed E-state index contributed by atoms with van der Waals surface area (Å²) in [7, 11) is 0. The van der Waals surface area contributed by atoms with E-state index in [1.165, 1.54) is 12.3 Å². The zero-order chi connectivity index (χ0) is 16.1. The lowest BCUT2D eigenvalue weighted by Gasteiger charge is -2.03. The summed E-state index contributed by atoms with van der Waals surface area (Å²) in [6.07, 6.45) is 2.15. The lowest BCUT2D eigenvalue weighted by molar-refractivity contribution is 0.0945. The lowest BCUT2D eigenvalue weighted by Crippen LogP contribution is -2.25. The second kappa shape index (κ2) is 6.69. The second-order valence-electron chi connectivity index (χ2n) is 4.82. The second-order valence-corrected chi connectivity index (χ2v) is 4.82. The van der Waals surface area contributed by atoms with Gasteiger partial charge in [0.1, 0.15) is 5.69 Å². The topological polar surface area (TPSA) is 97.7 Å². The molecule has 23 heavy (non-hydrogen) atoms. The molecule has 1 N–H and O–H groups in total. The van der Waals surface area contributed by atoms with Gasteiger partial charge in [0, 0.05) is 12.6 Å². The number of nitroso groups, excluding NO2 is 1. The van der Waals surface area contributed by atoms with E-state index in [1.807, 2.05) is 0 Å². The number of amides is 1. The van der Waals surface area contributed by atoms with E-state index in [4.69, 9.17) is 8.94 Å². The van der Waals surface area contributed by atoms with E-state index < -0.39 is 0 Å². The van der Waals surface area contributed by atoms with Gasteiger partial charge in [-0.05, 0) is 41.4 Å². The minimum atomic E-state index is -0.322. The van der Waals surface area contributed by atoms with Crippen LogP contribution in [-0.2, 0) is 6.42 Å². The summed E-state index contributed by atoms with van der Waals surface area (Å²) in [6, 6.07) is 11.8. The lowest BCUT2D eigenvalue weighted by atomic mass is 10.1. The number of aromatic nitrogens is 1. The number of rotatable bonds is 6. The number of carbonyl (C=O) groups excluding carboxylic acids is 1. The average molecular weight is 311 g/mol.